The third-order valence-corrected chi connectivity index (χ3v) is 2.35. The summed E-state index contributed by atoms with van der Waals surface area (Å²) >= 11 is 0. The van der Waals surface area contributed by atoms with Crippen molar-refractivity contribution in [3.8, 4) is 0 Å². The zero-order chi connectivity index (χ0) is 12.8. The van der Waals surface area contributed by atoms with Gasteiger partial charge in [0.15, 0.2) is 0 Å². The standard InChI is InChI=1S/C12H15F2NO2/c1-2-3-4-11(12(16)17)15-10-6-8(13)5-9(14)7-10/h5-7,11,15H,2-4H2,1H3,(H,16,17). The van der Waals surface area contributed by atoms with Crippen LogP contribution in [0.5, 0.6) is 0 Å². The van der Waals surface area contributed by atoms with E-state index in [0.29, 0.717) is 6.42 Å². The molecule has 0 amide bonds. The van der Waals surface area contributed by atoms with E-state index in [-0.39, 0.29) is 5.69 Å². The number of carboxylic acids is 1. The minimum absolute atomic E-state index is 0.144. The summed E-state index contributed by atoms with van der Waals surface area (Å²) in [5, 5.41) is 11.6. The first-order chi connectivity index (χ1) is 8.02. The molecule has 0 aliphatic rings. The van der Waals surface area contributed by atoms with Gasteiger partial charge in [-0.15, -0.1) is 0 Å². The van der Waals surface area contributed by atoms with Crippen LogP contribution in [0.3, 0.4) is 0 Å². The van der Waals surface area contributed by atoms with Gasteiger partial charge in [-0.1, -0.05) is 19.8 Å². The number of nitrogens with one attached hydrogen (secondary N) is 1. The van der Waals surface area contributed by atoms with Crippen molar-refractivity contribution in [2.24, 2.45) is 0 Å². The average molecular weight is 243 g/mol. The van der Waals surface area contributed by atoms with Gasteiger partial charge in [-0.2, -0.15) is 0 Å². The molecular weight excluding hydrogens is 228 g/mol. The summed E-state index contributed by atoms with van der Waals surface area (Å²) in [5.41, 5.74) is 0.144. The summed E-state index contributed by atoms with van der Waals surface area (Å²) in [6.07, 6.45) is 2.02. The zero-order valence-electron chi connectivity index (χ0n) is 9.54. The molecule has 0 spiro atoms. The molecule has 1 atom stereocenters. The molecule has 0 saturated heterocycles. The van der Waals surface area contributed by atoms with Gasteiger partial charge < -0.3 is 10.4 Å². The highest BCUT2D eigenvalue weighted by molar-refractivity contribution is 5.77. The molecule has 1 unspecified atom stereocenters. The summed E-state index contributed by atoms with van der Waals surface area (Å²) in [6, 6.07) is 2.07. The maximum absolute atomic E-state index is 12.9. The molecule has 2 N–H and O–H groups in total. The first-order valence-corrected chi connectivity index (χ1v) is 5.48. The van der Waals surface area contributed by atoms with Crippen molar-refractivity contribution in [1.29, 1.82) is 0 Å². The summed E-state index contributed by atoms with van der Waals surface area (Å²) < 4.78 is 25.8. The largest absolute Gasteiger partial charge is 0.480 e. The lowest BCUT2D eigenvalue weighted by Gasteiger charge is -2.15. The second-order valence-corrected chi connectivity index (χ2v) is 3.84. The highest BCUT2D eigenvalue weighted by Crippen LogP contribution is 2.15. The summed E-state index contributed by atoms with van der Waals surface area (Å²) in [5.74, 6) is -2.48. The lowest BCUT2D eigenvalue weighted by molar-refractivity contribution is -0.138. The van der Waals surface area contributed by atoms with E-state index in [9.17, 15) is 13.6 Å². The molecule has 0 saturated carbocycles. The Morgan fingerprint density at radius 2 is 1.94 bits per heavy atom. The number of halogens is 2. The van der Waals surface area contributed by atoms with Crippen LogP contribution in [0.1, 0.15) is 26.2 Å². The number of benzene rings is 1. The van der Waals surface area contributed by atoms with Crippen LogP contribution in [-0.2, 0) is 4.79 Å². The van der Waals surface area contributed by atoms with Gasteiger partial charge in [0.05, 0.1) is 0 Å². The van der Waals surface area contributed by atoms with Crippen LogP contribution in [0.2, 0.25) is 0 Å². The number of unbranched alkanes of at least 4 members (excludes halogenated alkanes) is 1. The Balaban J connectivity index is 2.74. The molecule has 0 heterocycles. The van der Waals surface area contributed by atoms with Crippen molar-refractivity contribution in [2.45, 2.75) is 32.2 Å². The van der Waals surface area contributed by atoms with Crippen LogP contribution < -0.4 is 5.32 Å². The molecule has 5 heteroatoms. The Kier molecular flexibility index (Phi) is 4.87. The molecule has 1 aromatic carbocycles. The second-order valence-electron chi connectivity index (χ2n) is 3.84. The number of hydrogen-bond acceptors (Lipinski definition) is 2. The Morgan fingerprint density at radius 1 is 1.35 bits per heavy atom. The Bertz CT molecular complexity index is 376. The lowest BCUT2D eigenvalue weighted by Crippen LogP contribution is -2.29. The molecule has 1 aromatic rings. The van der Waals surface area contributed by atoms with Gasteiger partial charge >= 0.3 is 5.97 Å². The molecule has 94 valence electrons. The van der Waals surface area contributed by atoms with Crippen LogP contribution in [0.25, 0.3) is 0 Å². The van der Waals surface area contributed by atoms with Gasteiger partial charge in [0, 0.05) is 11.8 Å². The van der Waals surface area contributed by atoms with E-state index in [4.69, 9.17) is 5.11 Å². The van der Waals surface area contributed by atoms with E-state index in [1.54, 1.807) is 0 Å². The van der Waals surface area contributed by atoms with Crippen molar-refractivity contribution in [3.05, 3.63) is 29.8 Å². The SMILES string of the molecule is CCCCC(Nc1cc(F)cc(F)c1)C(=O)O. The molecule has 0 aliphatic heterocycles. The van der Waals surface area contributed by atoms with Gasteiger partial charge in [0.2, 0.25) is 0 Å². The number of hydrogen-bond donors (Lipinski definition) is 2. The minimum atomic E-state index is -1.02. The molecule has 0 aromatic heterocycles. The maximum Gasteiger partial charge on any atom is 0.326 e. The molecule has 17 heavy (non-hydrogen) atoms. The number of rotatable bonds is 6. The Labute approximate surface area is 98.5 Å². The summed E-state index contributed by atoms with van der Waals surface area (Å²) in [7, 11) is 0. The fourth-order valence-corrected chi connectivity index (χ4v) is 1.50. The fraction of sp³-hybridized carbons (Fsp3) is 0.417. The third-order valence-electron chi connectivity index (χ3n) is 2.35. The predicted octanol–water partition coefficient (Wildman–Crippen LogP) is 3.02. The summed E-state index contributed by atoms with van der Waals surface area (Å²) in [4.78, 5) is 10.9. The molecule has 3 nitrogen and oxygen atoms in total. The highest BCUT2D eigenvalue weighted by atomic mass is 19.1. The Morgan fingerprint density at radius 3 is 2.41 bits per heavy atom. The van der Waals surface area contributed by atoms with Crippen LogP contribution in [-0.4, -0.2) is 17.1 Å². The topological polar surface area (TPSA) is 49.3 Å². The summed E-state index contributed by atoms with van der Waals surface area (Å²) in [6.45, 7) is 1.95. The smallest absolute Gasteiger partial charge is 0.326 e. The molecule has 0 radical (unpaired) electrons. The lowest BCUT2D eigenvalue weighted by atomic mass is 10.1. The number of carbonyl (C=O) groups is 1. The van der Waals surface area contributed by atoms with E-state index in [1.807, 2.05) is 6.92 Å². The van der Waals surface area contributed by atoms with E-state index < -0.39 is 23.6 Å². The number of carboxylic acid groups (broad SMARTS) is 1. The number of aliphatic carboxylic acids is 1. The van der Waals surface area contributed by atoms with Gasteiger partial charge in [-0.25, -0.2) is 13.6 Å². The van der Waals surface area contributed by atoms with Gasteiger partial charge in [0.25, 0.3) is 0 Å². The first kappa shape index (κ1) is 13.4. The highest BCUT2D eigenvalue weighted by Gasteiger charge is 2.16. The van der Waals surface area contributed by atoms with E-state index in [1.165, 1.54) is 0 Å². The average Bonchev–Trinajstić information content (AvgIpc) is 2.22. The van der Waals surface area contributed by atoms with Crippen molar-refractivity contribution in [2.75, 3.05) is 5.32 Å². The van der Waals surface area contributed by atoms with Crippen LogP contribution >= 0.6 is 0 Å². The quantitative estimate of drug-likeness (QED) is 0.807. The minimum Gasteiger partial charge on any atom is -0.480 e. The van der Waals surface area contributed by atoms with E-state index >= 15 is 0 Å². The third kappa shape index (κ3) is 4.38. The molecule has 0 aliphatic carbocycles. The van der Waals surface area contributed by atoms with Gasteiger partial charge in [-0.05, 0) is 18.6 Å². The van der Waals surface area contributed by atoms with Crippen LogP contribution in [0.15, 0.2) is 18.2 Å². The first-order valence-electron chi connectivity index (χ1n) is 5.48. The van der Waals surface area contributed by atoms with Crippen LogP contribution in [0.4, 0.5) is 14.5 Å². The Hall–Kier alpha value is -1.65. The van der Waals surface area contributed by atoms with Crippen molar-refractivity contribution in [3.63, 3.8) is 0 Å². The van der Waals surface area contributed by atoms with Crippen LogP contribution in [0, 0.1) is 11.6 Å². The van der Waals surface area contributed by atoms with E-state index in [2.05, 4.69) is 5.32 Å². The zero-order valence-corrected chi connectivity index (χ0v) is 9.54. The maximum atomic E-state index is 12.9. The fourth-order valence-electron chi connectivity index (χ4n) is 1.50. The molecule has 0 fully saturated rings. The normalized spacial score (nSPS) is 12.2. The van der Waals surface area contributed by atoms with E-state index in [0.717, 1.165) is 31.0 Å². The van der Waals surface area contributed by atoms with Crippen molar-refractivity contribution < 1.29 is 18.7 Å². The molecule has 1 rings (SSSR count). The molecular formula is C12H15F2NO2. The van der Waals surface area contributed by atoms with Gasteiger partial charge in [0.1, 0.15) is 17.7 Å². The number of anilines is 1. The van der Waals surface area contributed by atoms with Crippen molar-refractivity contribution >= 4 is 11.7 Å². The second kappa shape index (κ2) is 6.18. The molecule has 0 bridgehead atoms. The van der Waals surface area contributed by atoms with Crippen molar-refractivity contribution in [1.82, 2.24) is 0 Å². The van der Waals surface area contributed by atoms with Gasteiger partial charge in [-0.3, -0.25) is 0 Å². The predicted molar refractivity (Wildman–Crippen MR) is 60.9 cm³/mol. The monoisotopic (exact) mass is 243 g/mol.